The van der Waals surface area contributed by atoms with E-state index in [0.717, 1.165) is 12.1 Å². The molecule has 0 atom stereocenters. The normalized spacial score (nSPS) is 10.2. The molecule has 1 aromatic carbocycles. The first kappa shape index (κ1) is 16.2. The van der Waals surface area contributed by atoms with Gasteiger partial charge in [0.15, 0.2) is 10.9 Å². The van der Waals surface area contributed by atoms with E-state index in [1.54, 1.807) is 12.1 Å². The van der Waals surface area contributed by atoms with Gasteiger partial charge < -0.3 is 9.73 Å². The van der Waals surface area contributed by atoms with Gasteiger partial charge in [-0.05, 0) is 54.9 Å². The van der Waals surface area contributed by atoms with Gasteiger partial charge in [0.1, 0.15) is 0 Å². The minimum absolute atomic E-state index is 0.232. The Morgan fingerprint density at radius 3 is 2.59 bits per heavy atom. The smallest absolute Gasteiger partial charge is 0.293 e. The van der Waals surface area contributed by atoms with Gasteiger partial charge in [-0.25, -0.2) is 0 Å². The molecule has 1 amide bonds. The van der Waals surface area contributed by atoms with E-state index in [0.29, 0.717) is 0 Å². The van der Waals surface area contributed by atoms with Gasteiger partial charge in [-0.3, -0.25) is 10.1 Å². The topological polar surface area (TPSA) is 54.3 Å². The molecule has 1 aromatic heterocycles. The maximum Gasteiger partial charge on any atom is 0.293 e. The molecular formula is C17H20N2O2S. The SMILES string of the molecule is CCCCCc1ccc(NC(=S)NC(=O)c2ccco2)cc1. The maximum atomic E-state index is 11.8. The van der Waals surface area contributed by atoms with Gasteiger partial charge in [-0.15, -0.1) is 0 Å². The van der Waals surface area contributed by atoms with Crippen molar-refractivity contribution in [3.05, 3.63) is 54.0 Å². The van der Waals surface area contributed by atoms with Crippen LogP contribution in [0.25, 0.3) is 0 Å². The van der Waals surface area contributed by atoms with Crippen molar-refractivity contribution in [2.75, 3.05) is 5.32 Å². The van der Waals surface area contributed by atoms with Crippen LogP contribution in [0.5, 0.6) is 0 Å². The molecular weight excluding hydrogens is 296 g/mol. The number of rotatable bonds is 6. The summed E-state index contributed by atoms with van der Waals surface area (Å²) in [4.78, 5) is 11.8. The number of nitrogens with one attached hydrogen (secondary N) is 2. The van der Waals surface area contributed by atoms with Crippen LogP contribution in [0.2, 0.25) is 0 Å². The molecule has 0 saturated carbocycles. The van der Waals surface area contributed by atoms with Crippen molar-refractivity contribution in [2.24, 2.45) is 0 Å². The van der Waals surface area contributed by atoms with Crippen molar-refractivity contribution in [1.29, 1.82) is 0 Å². The minimum atomic E-state index is -0.362. The molecule has 4 nitrogen and oxygen atoms in total. The largest absolute Gasteiger partial charge is 0.459 e. The van der Waals surface area contributed by atoms with Crippen molar-refractivity contribution >= 4 is 28.9 Å². The highest BCUT2D eigenvalue weighted by molar-refractivity contribution is 7.80. The first-order valence-electron chi connectivity index (χ1n) is 7.44. The molecule has 0 fully saturated rings. The first-order chi connectivity index (χ1) is 10.7. The van der Waals surface area contributed by atoms with E-state index in [4.69, 9.17) is 16.6 Å². The molecule has 1 heterocycles. The Morgan fingerprint density at radius 2 is 1.95 bits per heavy atom. The quantitative estimate of drug-likeness (QED) is 0.621. The fourth-order valence-corrected chi connectivity index (χ4v) is 2.28. The van der Waals surface area contributed by atoms with Crippen molar-refractivity contribution in [1.82, 2.24) is 5.32 Å². The molecule has 2 N–H and O–H groups in total. The summed E-state index contributed by atoms with van der Waals surface area (Å²) in [5, 5.41) is 5.81. The van der Waals surface area contributed by atoms with E-state index in [2.05, 4.69) is 29.7 Å². The number of unbranched alkanes of at least 4 members (excludes halogenated alkanes) is 2. The van der Waals surface area contributed by atoms with Crippen molar-refractivity contribution in [2.45, 2.75) is 32.6 Å². The van der Waals surface area contributed by atoms with E-state index in [1.165, 1.54) is 31.1 Å². The Balaban J connectivity index is 1.82. The van der Waals surface area contributed by atoms with Crippen LogP contribution in [0.4, 0.5) is 5.69 Å². The first-order valence-corrected chi connectivity index (χ1v) is 7.84. The predicted molar refractivity (Wildman–Crippen MR) is 92.1 cm³/mol. The van der Waals surface area contributed by atoms with Crippen molar-refractivity contribution in [3.8, 4) is 0 Å². The number of hydrogen-bond acceptors (Lipinski definition) is 3. The summed E-state index contributed by atoms with van der Waals surface area (Å²) < 4.78 is 5.01. The summed E-state index contributed by atoms with van der Waals surface area (Å²) in [6.45, 7) is 2.20. The summed E-state index contributed by atoms with van der Waals surface area (Å²) in [5.41, 5.74) is 2.16. The Labute approximate surface area is 135 Å². The summed E-state index contributed by atoms with van der Waals surface area (Å²) in [5.74, 6) is -0.130. The molecule has 5 heteroatoms. The molecule has 22 heavy (non-hydrogen) atoms. The van der Waals surface area contributed by atoms with Crippen molar-refractivity contribution in [3.63, 3.8) is 0 Å². The van der Waals surface area contributed by atoms with Gasteiger partial charge in [0.25, 0.3) is 5.91 Å². The van der Waals surface area contributed by atoms with E-state index in [1.807, 2.05) is 12.1 Å². The zero-order valence-electron chi connectivity index (χ0n) is 12.6. The molecule has 0 radical (unpaired) electrons. The van der Waals surface area contributed by atoms with Gasteiger partial charge in [-0.1, -0.05) is 31.9 Å². The van der Waals surface area contributed by atoms with Crippen molar-refractivity contribution < 1.29 is 9.21 Å². The van der Waals surface area contributed by atoms with E-state index in [9.17, 15) is 4.79 Å². The monoisotopic (exact) mass is 316 g/mol. The number of hydrogen-bond donors (Lipinski definition) is 2. The molecule has 0 aliphatic carbocycles. The lowest BCUT2D eigenvalue weighted by molar-refractivity contribution is 0.0950. The van der Waals surface area contributed by atoms with E-state index in [-0.39, 0.29) is 16.8 Å². The number of furan rings is 1. The molecule has 2 rings (SSSR count). The van der Waals surface area contributed by atoms with Gasteiger partial charge in [0.05, 0.1) is 6.26 Å². The van der Waals surface area contributed by atoms with Crippen LogP contribution in [0.3, 0.4) is 0 Å². The summed E-state index contributed by atoms with van der Waals surface area (Å²) in [6, 6.07) is 11.3. The fraction of sp³-hybridized carbons (Fsp3) is 0.294. The third-order valence-corrected chi connectivity index (χ3v) is 3.46. The van der Waals surface area contributed by atoms with Crippen LogP contribution in [0, 0.1) is 0 Å². The molecule has 116 valence electrons. The third kappa shape index (κ3) is 5.00. The zero-order valence-corrected chi connectivity index (χ0v) is 13.4. The average Bonchev–Trinajstić information content (AvgIpc) is 3.03. The number of carbonyl (C=O) groups is 1. The van der Waals surface area contributed by atoms with E-state index < -0.39 is 0 Å². The summed E-state index contributed by atoms with van der Waals surface area (Å²) in [7, 11) is 0. The number of thiocarbonyl (C=S) groups is 1. The number of carbonyl (C=O) groups excluding carboxylic acids is 1. The Morgan fingerprint density at radius 1 is 1.18 bits per heavy atom. The fourth-order valence-electron chi connectivity index (χ4n) is 2.07. The van der Waals surface area contributed by atoms with Crippen LogP contribution in [-0.4, -0.2) is 11.0 Å². The molecule has 0 saturated heterocycles. The molecule has 0 bridgehead atoms. The predicted octanol–water partition coefficient (Wildman–Crippen LogP) is 4.14. The highest BCUT2D eigenvalue weighted by Gasteiger charge is 2.10. The van der Waals surface area contributed by atoms with Crippen LogP contribution in [-0.2, 0) is 6.42 Å². The van der Waals surface area contributed by atoms with Crippen LogP contribution < -0.4 is 10.6 Å². The van der Waals surface area contributed by atoms with E-state index >= 15 is 0 Å². The molecule has 0 aliphatic heterocycles. The van der Waals surface area contributed by atoms with Crippen LogP contribution in [0.15, 0.2) is 47.1 Å². The van der Waals surface area contributed by atoms with Gasteiger partial charge in [0, 0.05) is 5.69 Å². The Kier molecular flexibility index (Phi) is 6.15. The third-order valence-electron chi connectivity index (χ3n) is 3.25. The standard InChI is InChI=1S/C17H20N2O2S/c1-2-3-4-6-13-8-10-14(11-9-13)18-17(22)19-16(20)15-7-5-12-21-15/h5,7-12H,2-4,6H2,1H3,(H2,18,19,20,22). The summed E-state index contributed by atoms with van der Waals surface area (Å²) >= 11 is 5.12. The zero-order chi connectivity index (χ0) is 15.8. The molecule has 0 aliphatic rings. The second-order valence-electron chi connectivity index (χ2n) is 5.04. The van der Waals surface area contributed by atoms with Gasteiger partial charge in [0.2, 0.25) is 0 Å². The van der Waals surface area contributed by atoms with Crippen LogP contribution >= 0.6 is 12.2 Å². The number of anilines is 1. The molecule has 0 spiro atoms. The molecule has 2 aromatic rings. The minimum Gasteiger partial charge on any atom is -0.459 e. The lowest BCUT2D eigenvalue weighted by Gasteiger charge is -2.09. The summed E-state index contributed by atoms with van der Waals surface area (Å²) in [6.07, 6.45) is 6.23. The highest BCUT2D eigenvalue weighted by Crippen LogP contribution is 2.12. The maximum absolute atomic E-state index is 11.8. The van der Waals surface area contributed by atoms with Crippen LogP contribution in [0.1, 0.15) is 42.3 Å². The Bertz CT molecular complexity index is 606. The average molecular weight is 316 g/mol. The second kappa shape index (κ2) is 8.34. The second-order valence-corrected chi connectivity index (χ2v) is 5.45. The number of aryl methyl sites for hydroxylation is 1. The van der Waals surface area contributed by atoms with Gasteiger partial charge in [-0.2, -0.15) is 0 Å². The Hall–Kier alpha value is -2.14. The highest BCUT2D eigenvalue weighted by atomic mass is 32.1. The molecule has 0 unspecified atom stereocenters. The lowest BCUT2D eigenvalue weighted by Crippen LogP contribution is -2.33. The van der Waals surface area contributed by atoms with Gasteiger partial charge >= 0.3 is 0 Å². The number of benzene rings is 1. The lowest BCUT2D eigenvalue weighted by atomic mass is 10.1. The number of amides is 1.